The van der Waals surface area contributed by atoms with Crippen molar-refractivity contribution in [2.45, 2.75) is 5.54 Å². The van der Waals surface area contributed by atoms with E-state index in [4.69, 9.17) is 4.74 Å². The third-order valence-electron chi connectivity index (χ3n) is 2.98. The van der Waals surface area contributed by atoms with Gasteiger partial charge in [-0.25, -0.2) is 4.99 Å². The Labute approximate surface area is 91.7 Å². The van der Waals surface area contributed by atoms with Gasteiger partial charge >= 0.3 is 0 Å². The summed E-state index contributed by atoms with van der Waals surface area (Å²) in [6.45, 7) is 2.09. The molecule has 0 saturated carbocycles. The van der Waals surface area contributed by atoms with Crippen molar-refractivity contribution in [2.24, 2.45) is 10.9 Å². The number of hydrogen-bond acceptors (Lipinski definition) is 5. The van der Waals surface area contributed by atoms with Crippen molar-refractivity contribution in [1.82, 2.24) is 10.6 Å². The number of hydrogen-bond donors (Lipinski definition) is 2. The Kier molecular flexibility index (Phi) is 1.88. The second-order valence-corrected chi connectivity index (χ2v) is 4.26. The normalized spacial score (nSPS) is 30.8. The quantitative estimate of drug-likeness (QED) is 0.533. The Balaban J connectivity index is 1.83. The fourth-order valence-corrected chi connectivity index (χ4v) is 1.97. The predicted octanol–water partition coefficient (Wildman–Crippen LogP) is -1.41. The molecule has 6 heteroatoms. The highest BCUT2D eigenvalue weighted by molar-refractivity contribution is 6.13. The van der Waals surface area contributed by atoms with Crippen molar-refractivity contribution in [3.8, 4) is 0 Å². The molecule has 0 aliphatic carbocycles. The molecule has 0 bridgehead atoms. The van der Waals surface area contributed by atoms with Crippen molar-refractivity contribution < 1.29 is 14.3 Å². The van der Waals surface area contributed by atoms with E-state index in [2.05, 4.69) is 15.6 Å². The lowest BCUT2D eigenvalue weighted by atomic mass is 9.95. The first kappa shape index (κ1) is 9.53. The number of carbonyl (C=O) groups excluding carboxylic acids is 2. The van der Waals surface area contributed by atoms with E-state index < -0.39 is 5.92 Å². The Morgan fingerprint density at radius 3 is 2.81 bits per heavy atom. The monoisotopic (exact) mass is 221 g/mol. The van der Waals surface area contributed by atoms with Gasteiger partial charge in [0.25, 0.3) is 0 Å². The molecular weight excluding hydrogens is 210 g/mol. The average molecular weight is 221 g/mol. The summed E-state index contributed by atoms with van der Waals surface area (Å²) in [5.41, 5.74) is -0.176. The average Bonchev–Trinajstić information content (AvgIpc) is 2.62. The maximum atomic E-state index is 11.5. The van der Waals surface area contributed by atoms with Gasteiger partial charge in [0.2, 0.25) is 17.7 Å². The van der Waals surface area contributed by atoms with Gasteiger partial charge in [0.15, 0.2) is 0 Å². The highest BCUT2D eigenvalue weighted by Crippen LogP contribution is 2.26. The zero-order valence-corrected chi connectivity index (χ0v) is 8.53. The number of nitrogens with one attached hydrogen (secondary N) is 2. The van der Waals surface area contributed by atoms with Gasteiger partial charge < -0.3 is 10.1 Å². The molecular formula is C10H11N3O3. The SMILES string of the molecule is O=C1C=CC(C2=NC3(CNC3)CO2)C(=O)N1. The zero-order chi connectivity index (χ0) is 11.2. The summed E-state index contributed by atoms with van der Waals surface area (Å²) >= 11 is 0. The maximum Gasteiger partial charge on any atom is 0.250 e. The summed E-state index contributed by atoms with van der Waals surface area (Å²) in [4.78, 5) is 26.9. The number of rotatable bonds is 1. The zero-order valence-electron chi connectivity index (χ0n) is 8.53. The fraction of sp³-hybridized carbons (Fsp3) is 0.500. The minimum Gasteiger partial charge on any atom is -0.477 e. The summed E-state index contributed by atoms with van der Waals surface area (Å²) in [6.07, 6.45) is 2.87. The van der Waals surface area contributed by atoms with E-state index in [0.717, 1.165) is 13.1 Å². The van der Waals surface area contributed by atoms with Crippen molar-refractivity contribution in [3.05, 3.63) is 12.2 Å². The molecule has 1 fully saturated rings. The molecule has 3 aliphatic heterocycles. The molecule has 1 unspecified atom stereocenters. The van der Waals surface area contributed by atoms with Crippen molar-refractivity contribution in [1.29, 1.82) is 0 Å². The first-order valence-corrected chi connectivity index (χ1v) is 5.15. The first-order valence-electron chi connectivity index (χ1n) is 5.15. The second kappa shape index (κ2) is 3.15. The van der Waals surface area contributed by atoms with Gasteiger partial charge in [0, 0.05) is 19.2 Å². The first-order chi connectivity index (χ1) is 7.69. The molecule has 1 atom stereocenters. The lowest BCUT2D eigenvalue weighted by molar-refractivity contribution is -0.129. The molecule has 3 heterocycles. The second-order valence-electron chi connectivity index (χ2n) is 4.26. The van der Waals surface area contributed by atoms with Crippen LogP contribution in [0.15, 0.2) is 17.1 Å². The molecule has 1 spiro atoms. The van der Waals surface area contributed by atoms with Crippen LogP contribution in [0.4, 0.5) is 0 Å². The van der Waals surface area contributed by atoms with Crippen molar-refractivity contribution in [3.63, 3.8) is 0 Å². The Hall–Kier alpha value is -1.69. The molecule has 6 nitrogen and oxygen atoms in total. The molecule has 16 heavy (non-hydrogen) atoms. The van der Waals surface area contributed by atoms with Gasteiger partial charge in [-0.3, -0.25) is 14.9 Å². The molecule has 1 saturated heterocycles. The molecule has 3 rings (SSSR count). The van der Waals surface area contributed by atoms with Crippen LogP contribution in [0, 0.1) is 5.92 Å². The van der Waals surface area contributed by atoms with E-state index in [9.17, 15) is 9.59 Å². The minimum absolute atomic E-state index is 0.176. The van der Waals surface area contributed by atoms with Gasteiger partial charge in [-0.2, -0.15) is 0 Å². The topological polar surface area (TPSA) is 79.8 Å². The van der Waals surface area contributed by atoms with Gasteiger partial charge in [-0.15, -0.1) is 0 Å². The lowest BCUT2D eigenvalue weighted by Crippen LogP contribution is -2.59. The van der Waals surface area contributed by atoms with E-state index in [1.807, 2.05) is 0 Å². The number of amides is 2. The van der Waals surface area contributed by atoms with Crippen molar-refractivity contribution in [2.75, 3.05) is 19.7 Å². The van der Waals surface area contributed by atoms with Crippen molar-refractivity contribution >= 4 is 17.7 Å². The highest BCUT2D eigenvalue weighted by Gasteiger charge is 2.45. The largest absolute Gasteiger partial charge is 0.477 e. The summed E-state index contributed by atoms with van der Waals surface area (Å²) in [7, 11) is 0. The Bertz CT molecular complexity index is 423. The predicted molar refractivity (Wildman–Crippen MR) is 54.8 cm³/mol. The summed E-state index contributed by atoms with van der Waals surface area (Å²) < 4.78 is 5.44. The van der Waals surface area contributed by atoms with E-state index >= 15 is 0 Å². The molecule has 0 radical (unpaired) electrons. The molecule has 0 aromatic heterocycles. The molecule has 3 aliphatic rings. The third kappa shape index (κ3) is 1.34. The molecule has 84 valence electrons. The molecule has 2 N–H and O–H groups in total. The van der Waals surface area contributed by atoms with Crippen LogP contribution < -0.4 is 10.6 Å². The van der Waals surface area contributed by atoms with Gasteiger partial charge in [-0.1, -0.05) is 6.08 Å². The lowest BCUT2D eigenvalue weighted by Gasteiger charge is -2.33. The number of ether oxygens (including phenoxy) is 1. The van der Waals surface area contributed by atoms with Crippen LogP contribution in [0.3, 0.4) is 0 Å². The van der Waals surface area contributed by atoms with E-state index in [1.54, 1.807) is 0 Å². The summed E-state index contributed by atoms with van der Waals surface area (Å²) in [5.74, 6) is -0.893. The number of nitrogens with zero attached hydrogens (tertiary/aromatic N) is 1. The smallest absolute Gasteiger partial charge is 0.250 e. The van der Waals surface area contributed by atoms with E-state index in [0.29, 0.717) is 12.5 Å². The van der Waals surface area contributed by atoms with Crippen LogP contribution in [0.1, 0.15) is 0 Å². The minimum atomic E-state index is -0.558. The Morgan fingerprint density at radius 2 is 2.25 bits per heavy atom. The maximum absolute atomic E-state index is 11.5. The standard InChI is InChI=1S/C10H11N3O3/c14-7-2-1-6(8(15)12-7)9-13-10(5-16-9)3-11-4-10/h1-2,6,11H,3-5H2,(H,12,14,15). The molecule has 0 aromatic rings. The number of aliphatic imine (C=N–C) groups is 1. The fourth-order valence-electron chi connectivity index (χ4n) is 1.97. The van der Waals surface area contributed by atoms with Gasteiger partial charge in [0.05, 0.1) is 0 Å². The highest BCUT2D eigenvalue weighted by atomic mass is 16.5. The van der Waals surface area contributed by atoms with E-state index in [1.165, 1.54) is 12.2 Å². The van der Waals surface area contributed by atoms with Gasteiger partial charge in [-0.05, 0) is 0 Å². The van der Waals surface area contributed by atoms with E-state index in [-0.39, 0.29) is 17.4 Å². The molecule has 0 aromatic carbocycles. The van der Waals surface area contributed by atoms with Crippen LogP contribution in [0.25, 0.3) is 0 Å². The van der Waals surface area contributed by atoms with Gasteiger partial charge in [0.1, 0.15) is 18.1 Å². The van der Waals surface area contributed by atoms with Crippen LogP contribution in [-0.2, 0) is 14.3 Å². The summed E-state index contributed by atoms with van der Waals surface area (Å²) in [6, 6.07) is 0. The van der Waals surface area contributed by atoms with Crippen LogP contribution >= 0.6 is 0 Å². The summed E-state index contributed by atoms with van der Waals surface area (Å²) in [5, 5.41) is 5.35. The number of carbonyl (C=O) groups is 2. The third-order valence-corrected chi connectivity index (χ3v) is 2.98. The Morgan fingerprint density at radius 1 is 1.44 bits per heavy atom. The van der Waals surface area contributed by atoms with Crippen LogP contribution in [0.2, 0.25) is 0 Å². The molecule has 2 amide bonds. The van der Waals surface area contributed by atoms with Crippen LogP contribution in [-0.4, -0.2) is 42.9 Å². The number of imide groups is 1. The van der Waals surface area contributed by atoms with Crippen LogP contribution in [0.5, 0.6) is 0 Å².